The van der Waals surface area contributed by atoms with E-state index in [9.17, 15) is 9.59 Å². The van der Waals surface area contributed by atoms with Gasteiger partial charge in [-0.25, -0.2) is 0 Å². The number of carbonyl (C=O) groups is 2. The van der Waals surface area contributed by atoms with Gasteiger partial charge in [0.25, 0.3) is 0 Å². The van der Waals surface area contributed by atoms with Crippen LogP contribution in [0.15, 0.2) is 0 Å². The van der Waals surface area contributed by atoms with Crippen molar-refractivity contribution in [3.05, 3.63) is 0 Å². The predicted molar refractivity (Wildman–Crippen MR) is 51.1 cm³/mol. The van der Waals surface area contributed by atoms with Gasteiger partial charge in [-0.2, -0.15) is 0 Å². The number of aliphatic carboxylic acids is 2. The largest absolute Gasteiger partial charge is 0.481 e. The van der Waals surface area contributed by atoms with Gasteiger partial charge >= 0.3 is 11.9 Å². The van der Waals surface area contributed by atoms with E-state index in [-0.39, 0.29) is 6.42 Å². The smallest absolute Gasteiger partial charge is 0.305 e. The first-order valence-electron chi connectivity index (χ1n) is 4.55. The number of aliphatic hydroxyl groups excluding tert-OH is 1. The van der Waals surface area contributed by atoms with Crippen LogP contribution >= 0.6 is 0 Å². The molecule has 0 bridgehead atoms. The predicted octanol–water partition coefficient (Wildman–Crippen LogP) is 1.10. The van der Waals surface area contributed by atoms with Gasteiger partial charge in [-0.3, -0.25) is 9.59 Å². The molecule has 5 heteroatoms. The zero-order valence-corrected chi connectivity index (χ0v) is 8.56. The molecule has 0 aromatic carbocycles. The molecular weight excluding hydrogens is 188 g/mol. The molecule has 0 aromatic heterocycles. The number of hydrogen-bond donors (Lipinski definition) is 3. The fourth-order valence-corrected chi connectivity index (χ4v) is 0.560. The minimum atomic E-state index is -0.945. The van der Waals surface area contributed by atoms with Crippen LogP contribution in [0.5, 0.6) is 0 Å². The van der Waals surface area contributed by atoms with Gasteiger partial charge in [-0.15, -0.1) is 0 Å². The van der Waals surface area contributed by atoms with Crippen LogP contribution in [0.1, 0.15) is 39.5 Å². The molecule has 0 saturated carbocycles. The lowest BCUT2D eigenvalue weighted by Crippen LogP contribution is -2.10. The van der Waals surface area contributed by atoms with Gasteiger partial charge in [0.2, 0.25) is 0 Å². The highest BCUT2D eigenvalue weighted by Gasteiger charge is 2.04. The fraction of sp³-hybridized carbons (Fsp3) is 0.778. The highest BCUT2D eigenvalue weighted by atomic mass is 16.4. The maximum Gasteiger partial charge on any atom is 0.305 e. The molecule has 3 N–H and O–H groups in total. The van der Waals surface area contributed by atoms with Gasteiger partial charge in [0.15, 0.2) is 0 Å². The van der Waals surface area contributed by atoms with Crippen molar-refractivity contribution >= 4 is 11.9 Å². The summed E-state index contributed by atoms with van der Waals surface area (Å²) in [6, 6.07) is 0. The van der Waals surface area contributed by atoms with Crippen molar-refractivity contribution in [2.75, 3.05) is 0 Å². The first kappa shape index (κ1) is 15.4. The third kappa shape index (κ3) is 17.1. The van der Waals surface area contributed by atoms with E-state index in [2.05, 4.69) is 0 Å². The summed E-state index contributed by atoms with van der Waals surface area (Å²) in [7, 11) is 0. The molecule has 0 fully saturated rings. The Balaban J connectivity index is 0. The van der Waals surface area contributed by atoms with E-state index in [4.69, 9.17) is 15.3 Å². The normalized spacial score (nSPS) is 11.1. The molecule has 0 rings (SSSR count). The Morgan fingerprint density at radius 1 is 1.14 bits per heavy atom. The second-order valence-corrected chi connectivity index (χ2v) is 2.80. The topological polar surface area (TPSA) is 94.8 Å². The summed E-state index contributed by atoms with van der Waals surface area (Å²) in [6.45, 7) is 3.59. The van der Waals surface area contributed by atoms with Gasteiger partial charge in [0.1, 0.15) is 0 Å². The van der Waals surface area contributed by atoms with Crippen LogP contribution in [0.4, 0.5) is 0 Å². The molecule has 0 aromatic rings. The van der Waals surface area contributed by atoms with Crippen molar-refractivity contribution in [3.8, 4) is 0 Å². The molecule has 0 amide bonds. The summed E-state index contributed by atoms with van der Waals surface area (Å²) >= 11 is 0. The second kappa shape index (κ2) is 9.98. The molecule has 0 aliphatic heterocycles. The number of carboxylic acids is 2. The maximum absolute atomic E-state index is 9.81. The van der Waals surface area contributed by atoms with E-state index in [0.717, 1.165) is 6.42 Å². The van der Waals surface area contributed by atoms with Crippen LogP contribution in [0.3, 0.4) is 0 Å². The van der Waals surface area contributed by atoms with Crippen LogP contribution < -0.4 is 0 Å². The first-order valence-corrected chi connectivity index (χ1v) is 4.55. The zero-order valence-electron chi connectivity index (χ0n) is 8.56. The van der Waals surface area contributed by atoms with E-state index in [1.165, 1.54) is 0 Å². The molecule has 0 radical (unpaired) electrons. The lowest BCUT2D eigenvalue weighted by atomic mass is 10.2. The molecule has 84 valence electrons. The highest BCUT2D eigenvalue weighted by molar-refractivity contribution is 5.67. The van der Waals surface area contributed by atoms with Crippen molar-refractivity contribution in [1.29, 1.82) is 0 Å². The Bertz CT molecular complexity index is 167. The van der Waals surface area contributed by atoms with Crippen molar-refractivity contribution in [3.63, 3.8) is 0 Å². The average Bonchev–Trinajstić information content (AvgIpc) is 2.03. The van der Waals surface area contributed by atoms with Crippen LogP contribution in [0.25, 0.3) is 0 Å². The van der Waals surface area contributed by atoms with Crippen molar-refractivity contribution < 1.29 is 24.9 Å². The van der Waals surface area contributed by atoms with Crippen molar-refractivity contribution in [2.45, 2.75) is 45.6 Å². The second-order valence-electron chi connectivity index (χ2n) is 2.80. The molecule has 1 atom stereocenters. The Morgan fingerprint density at radius 3 is 1.71 bits per heavy atom. The Kier molecular flexibility index (Phi) is 11.0. The quantitative estimate of drug-likeness (QED) is 0.626. The molecule has 0 heterocycles. The fourth-order valence-electron chi connectivity index (χ4n) is 0.560. The van der Waals surface area contributed by atoms with Crippen molar-refractivity contribution in [2.24, 2.45) is 0 Å². The summed E-state index contributed by atoms with van der Waals surface area (Å²) in [6.07, 6.45) is 0.713. The van der Waals surface area contributed by atoms with E-state index in [1.54, 1.807) is 6.92 Å². The number of rotatable bonds is 5. The summed E-state index contributed by atoms with van der Waals surface area (Å²) in [5, 5.41) is 24.6. The Morgan fingerprint density at radius 2 is 1.64 bits per heavy atom. The molecule has 14 heavy (non-hydrogen) atoms. The van der Waals surface area contributed by atoms with Gasteiger partial charge < -0.3 is 15.3 Å². The monoisotopic (exact) mass is 206 g/mol. The lowest BCUT2D eigenvalue weighted by molar-refractivity contribution is -0.139. The first-order chi connectivity index (χ1) is 6.43. The molecule has 0 unspecified atom stereocenters. The lowest BCUT2D eigenvalue weighted by Gasteiger charge is -2.00. The third-order valence-corrected chi connectivity index (χ3v) is 1.35. The molecule has 0 spiro atoms. The molecule has 0 saturated heterocycles. The third-order valence-electron chi connectivity index (χ3n) is 1.35. The zero-order chi connectivity index (χ0) is 11.6. The number of hydrogen-bond acceptors (Lipinski definition) is 3. The van der Waals surface area contributed by atoms with E-state index in [1.807, 2.05) is 6.92 Å². The van der Waals surface area contributed by atoms with Crippen molar-refractivity contribution in [1.82, 2.24) is 0 Å². The Hall–Kier alpha value is -1.10. The van der Waals surface area contributed by atoms with E-state index < -0.39 is 18.0 Å². The maximum atomic E-state index is 9.81. The molecule has 0 aliphatic carbocycles. The minimum absolute atomic E-state index is 0.142. The van der Waals surface area contributed by atoms with Crippen LogP contribution in [0.2, 0.25) is 0 Å². The van der Waals surface area contributed by atoms with Gasteiger partial charge in [0, 0.05) is 6.42 Å². The van der Waals surface area contributed by atoms with E-state index >= 15 is 0 Å². The van der Waals surface area contributed by atoms with Gasteiger partial charge in [0.05, 0.1) is 12.5 Å². The van der Waals surface area contributed by atoms with E-state index in [0.29, 0.717) is 12.8 Å². The minimum Gasteiger partial charge on any atom is -0.481 e. The van der Waals surface area contributed by atoms with Crippen LogP contribution in [0, 0.1) is 0 Å². The standard InChI is InChI=1S/C5H10O3.C4H8O2/c1-2-4(6)3-5(7)8;1-2-3-4(5)6/h4,6H,2-3H2,1H3,(H,7,8);2-3H2,1H3,(H,5,6)/t4-;/m1./s1. The molecule has 0 aliphatic rings. The summed E-state index contributed by atoms with van der Waals surface area (Å²) < 4.78 is 0. The van der Waals surface area contributed by atoms with Crippen LogP contribution in [-0.4, -0.2) is 33.4 Å². The summed E-state index contributed by atoms with van der Waals surface area (Å²) in [5.74, 6) is -1.66. The number of carboxylic acid groups (broad SMARTS) is 2. The average molecular weight is 206 g/mol. The van der Waals surface area contributed by atoms with Gasteiger partial charge in [-0.1, -0.05) is 13.8 Å². The highest BCUT2D eigenvalue weighted by Crippen LogP contribution is 1.94. The SMILES string of the molecule is CCCC(=O)O.CC[C@@H](O)CC(=O)O. The summed E-state index contributed by atoms with van der Waals surface area (Å²) in [4.78, 5) is 19.4. The number of aliphatic hydroxyl groups is 1. The molecule has 5 nitrogen and oxygen atoms in total. The van der Waals surface area contributed by atoms with Gasteiger partial charge in [-0.05, 0) is 12.8 Å². The van der Waals surface area contributed by atoms with Crippen LogP contribution in [-0.2, 0) is 9.59 Å². The molecular formula is C9H18O5. The summed E-state index contributed by atoms with van der Waals surface area (Å²) in [5.41, 5.74) is 0. The Labute approximate surface area is 83.4 Å².